The first-order valence-corrected chi connectivity index (χ1v) is 6.78. The minimum absolute atomic E-state index is 0.141. The van der Waals surface area contributed by atoms with E-state index < -0.39 is 0 Å². The van der Waals surface area contributed by atoms with E-state index in [1.807, 2.05) is 25.1 Å². The van der Waals surface area contributed by atoms with Crippen molar-refractivity contribution in [3.05, 3.63) is 29.8 Å². The minimum Gasteiger partial charge on any atom is -0.497 e. The zero-order chi connectivity index (χ0) is 13.7. The molecule has 1 aliphatic heterocycles. The third-order valence-electron chi connectivity index (χ3n) is 3.48. The van der Waals surface area contributed by atoms with Gasteiger partial charge in [0.1, 0.15) is 5.75 Å². The largest absolute Gasteiger partial charge is 0.497 e. The van der Waals surface area contributed by atoms with Crippen LogP contribution in [0.2, 0.25) is 0 Å². The Morgan fingerprint density at radius 1 is 1.47 bits per heavy atom. The predicted molar refractivity (Wildman–Crippen MR) is 73.2 cm³/mol. The van der Waals surface area contributed by atoms with Crippen molar-refractivity contribution in [2.24, 2.45) is 0 Å². The average molecular weight is 263 g/mol. The second-order valence-corrected chi connectivity index (χ2v) is 4.71. The van der Waals surface area contributed by atoms with Crippen LogP contribution in [0.4, 0.5) is 0 Å². The summed E-state index contributed by atoms with van der Waals surface area (Å²) in [6, 6.07) is 8.37. The van der Waals surface area contributed by atoms with Crippen molar-refractivity contribution in [3.63, 3.8) is 0 Å². The molecule has 0 saturated carbocycles. The Hall–Kier alpha value is -1.55. The summed E-state index contributed by atoms with van der Waals surface area (Å²) in [5.74, 6) is 0.720. The van der Waals surface area contributed by atoms with E-state index in [1.165, 1.54) is 5.56 Å². The van der Waals surface area contributed by atoms with Gasteiger partial charge in [0.25, 0.3) is 0 Å². The summed E-state index contributed by atoms with van der Waals surface area (Å²) in [5.41, 5.74) is 1.21. The Morgan fingerprint density at radius 3 is 3.05 bits per heavy atom. The molecule has 0 radical (unpaired) electrons. The number of rotatable bonds is 5. The standard InChI is InChI=1S/C15H21NO3/c1-3-19-15(17)11-16-9-5-8-14(16)12-6-4-7-13(10-12)18-2/h4,6-7,10,14H,3,5,8-9,11H2,1-2H3/t14-/m1/s1. The lowest BCUT2D eigenvalue weighted by Gasteiger charge is -2.24. The Labute approximate surface area is 114 Å². The predicted octanol–water partition coefficient (Wildman–Crippen LogP) is 2.40. The van der Waals surface area contributed by atoms with Crippen LogP contribution in [0.25, 0.3) is 0 Å². The van der Waals surface area contributed by atoms with E-state index in [0.29, 0.717) is 19.2 Å². The van der Waals surface area contributed by atoms with Gasteiger partial charge in [-0.2, -0.15) is 0 Å². The normalized spacial score (nSPS) is 19.4. The topological polar surface area (TPSA) is 38.8 Å². The van der Waals surface area contributed by atoms with Gasteiger partial charge in [0.05, 0.1) is 20.3 Å². The molecule has 1 aliphatic rings. The van der Waals surface area contributed by atoms with Gasteiger partial charge in [-0.05, 0) is 44.0 Å². The molecule has 0 amide bonds. The highest BCUT2D eigenvalue weighted by Gasteiger charge is 2.28. The molecule has 104 valence electrons. The number of esters is 1. The van der Waals surface area contributed by atoms with Crippen LogP contribution in [0.15, 0.2) is 24.3 Å². The number of carbonyl (C=O) groups excluding carboxylic acids is 1. The summed E-state index contributed by atoms with van der Waals surface area (Å²) >= 11 is 0. The molecule has 0 unspecified atom stereocenters. The van der Waals surface area contributed by atoms with E-state index in [4.69, 9.17) is 9.47 Å². The summed E-state index contributed by atoms with van der Waals surface area (Å²) in [5, 5.41) is 0. The molecule has 4 heteroatoms. The highest BCUT2D eigenvalue weighted by molar-refractivity contribution is 5.71. The number of benzene rings is 1. The van der Waals surface area contributed by atoms with Crippen molar-refractivity contribution in [2.75, 3.05) is 26.8 Å². The molecular weight excluding hydrogens is 242 g/mol. The number of nitrogens with zero attached hydrogens (tertiary/aromatic N) is 1. The van der Waals surface area contributed by atoms with Crippen molar-refractivity contribution < 1.29 is 14.3 Å². The molecule has 1 aromatic carbocycles. The van der Waals surface area contributed by atoms with Crippen molar-refractivity contribution >= 4 is 5.97 Å². The molecular formula is C15H21NO3. The van der Waals surface area contributed by atoms with Gasteiger partial charge < -0.3 is 9.47 Å². The Kier molecular flexibility index (Phi) is 4.80. The molecule has 4 nitrogen and oxygen atoms in total. The molecule has 1 fully saturated rings. The van der Waals surface area contributed by atoms with Crippen LogP contribution in [-0.2, 0) is 9.53 Å². The van der Waals surface area contributed by atoms with E-state index in [2.05, 4.69) is 11.0 Å². The van der Waals surface area contributed by atoms with Gasteiger partial charge in [0, 0.05) is 6.04 Å². The van der Waals surface area contributed by atoms with Crippen molar-refractivity contribution in [3.8, 4) is 5.75 Å². The molecule has 2 rings (SSSR count). The summed E-state index contributed by atoms with van der Waals surface area (Å²) in [4.78, 5) is 13.8. The van der Waals surface area contributed by atoms with E-state index in [0.717, 1.165) is 25.1 Å². The van der Waals surface area contributed by atoms with E-state index in [1.54, 1.807) is 7.11 Å². The average Bonchev–Trinajstić information content (AvgIpc) is 2.87. The van der Waals surface area contributed by atoms with Crippen LogP contribution in [0.5, 0.6) is 5.75 Å². The smallest absolute Gasteiger partial charge is 0.320 e. The molecule has 1 atom stereocenters. The van der Waals surface area contributed by atoms with Crippen molar-refractivity contribution in [1.82, 2.24) is 4.90 Å². The van der Waals surface area contributed by atoms with Crippen LogP contribution in [0.1, 0.15) is 31.4 Å². The van der Waals surface area contributed by atoms with Crippen LogP contribution in [0.3, 0.4) is 0 Å². The minimum atomic E-state index is -0.141. The second kappa shape index (κ2) is 6.57. The molecule has 0 aliphatic carbocycles. The van der Waals surface area contributed by atoms with Crippen LogP contribution in [0, 0.1) is 0 Å². The molecule has 0 spiro atoms. The number of carbonyl (C=O) groups is 1. The Balaban J connectivity index is 2.07. The second-order valence-electron chi connectivity index (χ2n) is 4.71. The molecule has 19 heavy (non-hydrogen) atoms. The van der Waals surface area contributed by atoms with Crippen molar-refractivity contribution in [2.45, 2.75) is 25.8 Å². The Morgan fingerprint density at radius 2 is 2.32 bits per heavy atom. The van der Waals surface area contributed by atoms with Gasteiger partial charge in [0.15, 0.2) is 0 Å². The van der Waals surface area contributed by atoms with Crippen LogP contribution < -0.4 is 4.74 Å². The third-order valence-corrected chi connectivity index (χ3v) is 3.48. The first-order valence-electron chi connectivity index (χ1n) is 6.78. The molecule has 1 heterocycles. The lowest BCUT2D eigenvalue weighted by Crippen LogP contribution is -2.30. The highest BCUT2D eigenvalue weighted by atomic mass is 16.5. The molecule has 0 aromatic heterocycles. The monoisotopic (exact) mass is 263 g/mol. The maximum Gasteiger partial charge on any atom is 0.320 e. The van der Waals surface area contributed by atoms with Crippen LogP contribution in [-0.4, -0.2) is 37.7 Å². The van der Waals surface area contributed by atoms with Gasteiger partial charge in [-0.25, -0.2) is 0 Å². The zero-order valence-electron chi connectivity index (χ0n) is 11.6. The highest BCUT2D eigenvalue weighted by Crippen LogP contribution is 2.33. The maximum absolute atomic E-state index is 11.6. The number of ether oxygens (including phenoxy) is 2. The van der Waals surface area contributed by atoms with Crippen molar-refractivity contribution in [1.29, 1.82) is 0 Å². The zero-order valence-corrected chi connectivity index (χ0v) is 11.6. The van der Waals surface area contributed by atoms with Gasteiger partial charge in [-0.1, -0.05) is 12.1 Å². The fraction of sp³-hybridized carbons (Fsp3) is 0.533. The van der Waals surface area contributed by atoms with E-state index >= 15 is 0 Å². The van der Waals surface area contributed by atoms with Crippen LogP contribution >= 0.6 is 0 Å². The first kappa shape index (κ1) is 13.9. The first-order chi connectivity index (χ1) is 9.24. The number of hydrogen-bond acceptors (Lipinski definition) is 4. The molecule has 0 N–H and O–H groups in total. The summed E-state index contributed by atoms with van der Waals surface area (Å²) < 4.78 is 10.3. The third kappa shape index (κ3) is 3.47. The van der Waals surface area contributed by atoms with Gasteiger partial charge >= 0.3 is 5.97 Å². The fourth-order valence-corrected chi connectivity index (χ4v) is 2.61. The number of hydrogen-bond donors (Lipinski definition) is 0. The lowest BCUT2D eigenvalue weighted by atomic mass is 10.0. The summed E-state index contributed by atoms with van der Waals surface area (Å²) in [6.07, 6.45) is 2.19. The molecule has 0 bridgehead atoms. The molecule has 1 aromatic rings. The summed E-state index contributed by atoms with van der Waals surface area (Å²) in [7, 11) is 1.67. The Bertz CT molecular complexity index is 433. The van der Waals surface area contributed by atoms with Gasteiger partial charge in [0.2, 0.25) is 0 Å². The number of likely N-dealkylation sites (tertiary alicyclic amines) is 1. The lowest BCUT2D eigenvalue weighted by molar-refractivity contribution is -0.144. The molecule has 1 saturated heterocycles. The van der Waals surface area contributed by atoms with Gasteiger partial charge in [-0.15, -0.1) is 0 Å². The SMILES string of the molecule is CCOC(=O)CN1CCC[C@@H]1c1cccc(OC)c1. The van der Waals surface area contributed by atoms with E-state index in [-0.39, 0.29) is 5.97 Å². The van der Waals surface area contributed by atoms with Gasteiger partial charge in [-0.3, -0.25) is 9.69 Å². The fourth-order valence-electron chi connectivity index (χ4n) is 2.61. The quantitative estimate of drug-likeness (QED) is 0.765. The summed E-state index contributed by atoms with van der Waals surface area (Å²) in [6.45, 7) is 3.59. The van der Waals surface area contributed by atoms with E-state index in [9.17, 15) is 4.79 Å². The maximum atomic E-state index is 11.6. The number of methoxy groups -OCH3 is 1.